The molecule has 0 atom stereocenters. The van der Waals surface area contributed by atoms with E-state index in [9.17, 15) is 8.42 Å². The van der Waals surface area contributed by atoms with Gasteiger partial charge in [0.15, 0.2) is 0 Å². The average Bonchev–Trinajstić information content (AvgIpc) is 2.01. The smallest absolute Gasteiger partial charge is 0.208 e. The maximum Gasteiger partial charge on any atom is 0.254 e. The van der Waals surface area contributed by atoms with Crippen molar-refractivity contribution in [3.8, 4) is 0 Å². The molecule has 2 nitrogen and oxygen atoms in total. The molecule has 0 spiro atoms. The molecule has 0 aliphatic heterocycles. The highest BCUT2D eigenvalue weighted by Crippen LogP contribution is 2.25. The van der Waals surface area contributed by atoms with Crippen molar-refractivity contribution >= 4 is 49.0 Å². The van der Waals surface area contributed by atoms with Crippen molar-refractivity contribution in [3.05, 3.63) is 39.2 Å². The molecule has 0 saturated heterocycles. The minimum atomic E-state index is -3.68. The molecule has 0 aliphatic rings. The third-order valence-corrected chi connectivity index (χ3v) is 2.83. The lowest BCUT2D eigenvalue weighted by Crippen LogP contribution is -1.81. The van der Waals surface area contributed by atoms with Crippen molar-refractivity contribution in [2.45, 2.75) is 0 Å². The second-order valence-electron chi connectivity index (χ2n) is 2.41. The molecule has 1 aromatic rings. The lowest BCUT2D eigenvalue weighted by atomic mass is 10.2. The second-order valence-corrected chi connectivity index (χ2v) is 5.74. The maximum absolute atomic E-state index is 10.6. The lowest BCUT2D eigenvalue weighted by molar-refractivity contribution is 0.617. The number of halogens is 3. The van der Waals surface area contributed by atoms with E-state index in [0.717, 1.165) is 5.41 Å². The Labute approximate surface area is 96.5 Å². The summed E-state index contributed by atoms with van der Waals surface area (Å²) in [7, 11) is 1.31. The van der Waals surface area contributed by atoms with Gasteiger partial charge in [0.2, 0.25) is 0 Å². The summed E-state index contributed by atoms with van der Waals surface area (Å²) in [5.74, 6) is 0. The highest BCUT2D eigenvalue weighted by atomic mass is 35.7. The predicted octanol–water partition coefficient (Wildman–Crippen LogP) is 3.53. The van der Waals surface area contributed by atoms with Crippen molar-refractivity contribution in [2.24, 2.45) is 0 Å². The molecule has 76 valence electrons. The van der Waals surface area contributed by atoms with Crippen LogP contribution >= 0.6 is 33.9 Å². The van der Waals surface area contributed by atoms with E-state index in [1.165, 1.54) is 6.08 Å². The average molecular weight is 272 g/mol. The molecule has 1 rings (SSSR count). The topological polar surface area (TPSA) is 34.1 Å². The van der Waals surface area contributed by atoms with E-state index < -0.39 is 9.05 Å². The molecule has 0 aliphatic carbocycles. The van der Waals surface area contributed by atoms with Gasteiger partial charge in [0.05, 0.1) is 0 Å². The van der Waals surface area contributed by atoms with E-state index in [2.05, 4.69) is 0 Å². The van der Waals surface area contributed by atoms with Gasteiger partial charge in [-0.05, 0) is 18.2 Å². The van der Waals surface area contributed by atoms with Gasteiger partial charge in [-0.1, -0.05) is 29.3 Å². The van der Waals surface area contributed by atoms with Crippen LogP contribution in [0.25, 0.3) is 6.08 Å². The van der Waals surface area contributed by atoms with Gasteiger partial charge in [0.1, 0.15) is 0 Å². The SMILES string of the molecule is O=S(=O)(Cl)C=Cc1c(Cl)cccc1Cl. The van der Waals surface area contributed by atoms with E-state index in [1.807, 2.05) is 0 Å². The first kappa shape index (κ1) is 11.9. The Morgan fingerprint density at radius 3 is 2.07 bits per heavy atom. The van der Waals surface area contributed by atoms with E-state index >= 15 is 0 Å². The zero-order valence-electron chi connectivity index (χ0n) is 6.75. The molecule has 6 heteroatoms. The molecule has 0 N–H and O–H groups in total. The Hall–Kier alpha value is -0.220. The molecule has 0 unspecified atom stereocenters. The summed E-state index contributed by atoms with van der Waals surface area (Å²) >= 11 is 11.6. The molecule has 0 amide bonds. The highest BCUT2D eigenvalue weighted by Gasteiger charge is 2.03. The normalized spacial score (nSPS) is 12.2. The molecule has 0 aromatic heterocycles. The molecular formula is C8H5Cl3O2S. The molecule has 0 heterocycles. The monoisotopic (exact) mass is 270 g/mol. The van der Waals surface area contributed by atoms with Crippen LogP contribution in [-0.2, 0) is 9.05 Å². The molecule has 0 radical (unpaired) electrons. The van der Waals surface area contributed by atoms with Crippen LogP contribution in [0.3, 0.4) is 0 Å². The van der Waals surface area contributed by atoms with Gasteiger partial charge in [-0.25, -0.2) is 8.42 Å². The van der Waals surface area contributed by atoms with Crippen LogP contribution in [-0.4, -0.2) is 8.42 Å². The zero-order valence-corrected chi connectivity index (χ0v) is 9.83. The molecule has 0 bridgehead atoms. The minimum Gasteiger partial charge on any atom is -0.208 e. The molecule has 14 heavy (non-hydrogen) atoms. The fourth-order valence-electron chi connectivity index (χ4n) is 0.819. The number of hydrogen-bond donors (Lipinski definition) is 0. The first-order valence-corrected chi connectivity index (χ1v) is 6.60. The van der Waals surface area contributed by atoms with E-state index in [-0.39, 0.29) is 0 Å². The summed E-state index contributed by atoms with van der Waals surface area (Å²) in [6, 6.07) is 4.87. The van der Waals surface area contributed by atoms with Gasteiger partial charge in [-0.3, -0.25) is 0 Å². The first-order chi connectivity index (χ1) is 6.40. The van der Waals surface area contributed by atoms with Gasteiger partial charge >= 0.3 is 0 Å². The summed E-state index contributed by atoms with van der Waals surface area (Å²) in [4.78, 5) is 0. The number of rotatable bonds is 2. The van der Waals surface area contributed by atoms with Crippen molar-refractivity contribution < 1.29 is 8.42 Å². The Kier molecular flexibility index (Phi) is 3.84. The van der Waals surface area contributed by atoms with Crippen LogP contribution in [0.4, 0.5) is 0 Å². The Balaban J connectivity index is 3.15. The van der Waals surface area contributed by atoms with Gasteiger partial charge in [0.25, 0.3) is 9.05 Å². The Bertz CT molecular complexity index is 445. The summed E-state index contributed by atoms with van der Waals surface area (Å²) in [6.07, 6.45) is 1.26. The van der Waals surface area contributed by atoms with E-state index in [1.54, 1.807) is 18.2 Å². The maximum atomic E-state index is 10.6. The van der Waals surface area contributed by atoms with Crippen LogP contribution in [0.1, 0.15) is 5.56 Å². The second kappa shape index (κ2) is 4.53. The van der Waals surface area contributed by atoms with Gasteiger partial charge in [-0.2, -0.15) is 0 Å². The van der Waals surface area contributed by atoms with Crippen molar-refractivity contribution in [2.75, 3.05) is 0 Å². The summed E-state index contributed by atoms with van der Waals surface area (Å²) in [5, 5.41) is 1.57. The van der Waals surface area contributed by atoms with Gasteiger partial charge in [0, 0.05) is 31.7 Å². The standard InChI is InChI=1S/C8H5Cl3O2S/c9-7-2-1-3-8(10)6(7)4-5-14(11,12)13/h1-5H. The summed E-state index contributed by atoms with van der Waals surface area (Å²) in [6.45, 7) is 0. The van der Waals surface area contributed by atoms with Crippen molar-refractivity contribution in [1.29, 1.82) is 0 Å². The molecular weight excluding hydrogens is 267 g/mol. The van der Waals surface area contributed by atoms with Crippen LogP contribution in [0.15, 0.2) is 23.6 Å². The highest BCUT2D eigenvalue weighted by molar-refractivity contribution is 8.16. The lowest BCUT2D eigenvalue weighted by Gasteiger charge is -1.99. The third-order valence-electron chi connectivity index (χ3n) is 1.40. The minimum absolute atomic E-state index is 0.370. The van der Waals surface area contributed by atoms with E-state index in [0.29, 0.717) is 15.6 Å². The number of benzene rings is 1. The molecule has 0 fully saturated rings. The fraction of sp³-hybridized carbons (Fsp3) is 0. The Morgan fingerprint density at radius 2 is 1.64 bits per heavy atom. The fourth-order valence-corrected chi connectivity index (χ4v) is 1.80. The third kappa shape index (κ3) is 3.50. The van der Waals surface area contributed by atoms with Crippen LogP contribution in [0.2, 0.25) is 10.0 Å². The quantitative estimate of drug-likeness (QED) is 0.771. The first-order valence-electron chi connectivity index (χ1n) is 3.47. The van der Waals surface area contributed by atoms with Gasteiger partial charge < -0.3 is 0 Å². The van der Waals surface area contributed by atoms with Crippen LogP contribution in [0, 0.1) is 0 Å². The molecule has 0 saturated carbocycles. The summed E-state index contributed by atoms with van der Waals surface area (Å²) in [5.41, 5.74) is 0.431. The van der Waals surface area contributed by atoms with E-state index in [4.69, 9.17) is 33.9 Å². The zero-order chi connectivity index (χ0) is 10.8. The van der Waals surface area contributed by atoms with Crippen LogP contribution < -0.4 is 0 Å². The van der Waals surface area contributed by atoms with Crippen molar-refractivity contribution in [1.82, 2.24) is 0 Å². The predicted molar refractivity (Wildman–Crippen MR) is 60.3 cm³/mol. The van der Waals surface area contributed by atoms with Crippen LogP contribution in [0.5, 0.6) is 0 Å². The Morgan fingerprint density at radius 1 is 1.14 bits per heavy atom. The van der Waals surface area contributed by atoms with Crippen molar-refractivity contribution in [3.63, 3.8) is 0 Å². The summed E-state index contributed by atoms with van der Waals surface area (Å²) < 4.78 is 21.2. The molecule has 1 aromatic carbocycles. The number of hydrogen-bond acceptors (Lipinski definition) is 2. The van der Waals surface area contributed by atoms with Gasteiger partial charge in [-0.15, -0.1) is 0 Å². The largest absolute Gasteiger partial charge is 0.254 e.